The largest absolute Gasteiger partial charge is 0.417 e. The van der Waals surface area contributed by atoms with Gasteiger partial charge in [-0.05, 0) is 55.0 Å². The molecule has 1 aliphatic carbocycles. The van der Waals surface area contributed by atoms with Crippen LogP contribution in [0.1, 0.15) is 49.1 Å². The first-order valence-corrected chi connectivity index (χ1v) is 8.37. The molecule has 0 aromatic heterocycles. The minimum absolute atomic E-state index is 0.454. The Balaban J connectivity index is 1.59. The van der Waals surface area contributed by atoms with E-state index in [1.807, 2.05) is 43.3 Å². The van der Waals surface area contributed by atoms with E-state index in [4.69, 9.17) is 4.74 Å². The van der Waals surface area contributed by atoms with E-state index in [0.29, 0.717) is 11.7 Å². The maximum atomic E-state index is 12.0. The minimum atomic E-state index is -0.454. The Morgan fingerprint density at radius 2 is 1.70 bits per heavy atom. The van der Waals surface area contributed by atoms with Crippen molar-refractivity contribution in [2.75, 3.05) is 5.32 Å². The van der Waals surface area contributed by atoms with Gasteiger partial charge in [-0.15, -0.1) is 0 Å². The van der Waals surface area contributed by atoms with Gasteiger partial charge in [-0.1, -0.05) is 49.6 Å². The SMILES string of the molecule is Cc1ccccc1NC(=O)Oc1ccc(C2CCCCC2)cc1. The summed E-state index contributed by atoms with van der Waals surface area (Å²) in [6.45, 7) is 1.95. The van der Waals surface area contributed by atoms with Gasteiger partial charge < -0.3 is 4.74 Å². The molecule has 3 heteroatoms. The molecule has 1 aliphatic rings. The zero-order valence-corrected chi connectivity index (χ0v) is 13.5. The highest BCUT2D eigenvalue weighted by molar-refractivity contribution is 5.87. The summed E-state index contributed by atoms with van der Waals surface area (Å²) in [6, 6.07) is 15.6. The van der Waals surface area contributed by atoms with Gasteiger partial charge in [-0.2, -0.15) is 0 Å². The molecule has 0 heterocycles. The Morgan fingerprint density at radius 3 is 2.39 bits per heavy atom. The average Bonchev–Trinajstić information content (AvgIpc) is 2.58. The Kier molecular flexibility index (Phi) is 4.96. The topological polar surface area (TPSA) is 38.3 Å². The maximum absolute atomic E-state index is 12.0. The molecular formula is C20H23NO2. The van der Waals surface area contributed by atoms with E-state index in [1.54, 1.807) is 0 Å². The molecule has 0 spiro atoms. The fourth-order valence-corrected chi connectivity index (χ4v) is 3.20. The Labute approximate surface area is 137 Å². The molecular weight excluding hydrogens is 286 g/mol. The quantitative estimate of drug-likeness (QED) is 0.795. The van der Waals surface area contributed by atoms with Crippen molar-refractivity contribution < 1.29 is 9.53 Å². The summed E-state index contributed by atoms with van der Waals surface area (Å²) in [5, 5.41) is 2.78. The lowest BCUT2D eigenvalue weighted by atomic mass is 9.84. The third-order valence-corrected chi connectivity index (χ3v) is 4.55. The maximum Gasteiger partial charge on any atom is 0.417 e. The van der Waals surface area contributed by atoms with Crippen LogP contribution in [0.15, 0.2) is 48.5 Å². The highest BCUT2D eigenvalue weighted by Gasteiger charge is 2.15. The van der Waals surface area contributed by atoms with Crippen LogP contribution in [0.5, 0.6) is 5.75 Å². The average molecular weight is 309 g/mol. The molecule has 1 N–H and O–H groups in total. The lowest BCUT2D eigenvalue weighted by Gasteiger charge is -2.22. The van der Waals surface area contributed by atoms with Gasteiger partial charge in [0, 0.05) is 5.69 Å². The number of hydrogen-bond donors (Lipinski definition) is 1. The molecule has 0 radical (unpaired) electrons. The number of para-hydroxylation sites is 1. The first-order valence-electron chi connectivity index (χ1n) is 8.37. The summed E-state index contributed by atoms with van der Waals surface area (Å²) in [7, 11) is 0. The first kappa shape index (κ1) is 15.6. The van der Waals surface area contributed by atoms with E-state index in [0.717, 1.165) is 11.3 Å². The number of nitrogens with one attached hydrogen (secondary N) is 1. The molecule has 2 aromatic carbocycles. The fourth-order valence-electron chi connectivity index (χ4n) is 3.20. The smallest absolute Gasteiger partial charge is 0.410 e. The molecule has 23 heavy (non-hydrogen) atoms. The standard InChI is InChI=1S/C20H23NO2/c1-15-7-5-6-10-19(15)21-20(22)23-18-13-11-17(12-14-18)16-8-3-2-4-9-16/h5-7,10-14,16H,2-4,8-9H2,1H3,(H,21,22). The predicted molar refractivity (Wildman–Crippen MR) is 93.1 cm³/mol. The molecule has 0 saturated heterocycles. The van der Waals surface area contributed by atoms with Gasteiger partial charge in [-0.25, -0.2) is 4.79 Å². The monoisotopic (exact) mass is 309 g/mol. The highest BCUT2D eigenvalue weighted by Crippen LogP contribution is 2.33. The minimum Gasteiger partial charge on any atom is -0.410 e. The second-order valence-corrected chi connectivity index (χ2v) is 6.23. The van der Waals surface area contributed by atoms with Crippen LogP contribution >= 0.6 is 0 Å². The van der Waals surface area contributed by atoms with E-state index in [2.05, 4.69) is 17.4 Å². The lowest BCUT2D eigenvalue weighted by Crippen LogP contribution is -2.17. The molecule has 3 nitrogen and oxygen atoms in total. The van der Waals surface area contributed by atoms with Gasteiger partial charge in [0.15, 0.2) is 0 Å². The van der Waals surface area contributed by atoms with Gasteiger partial charge in [0.05, 0.1) is 0 Å². The van der Waals surface area contributed by atoms with E-state index >= 15 is 0 Å². The highest BCUT2D eigenvalue weighted by atomic mass is 16.6. The van der Waals surface area contributed by atoms with Crippen molar-refractivity contribution in [2.45, 2.75) is 44.9 Å². The predicted octanol–water partition coefficient (Wildman–Crippen LogP) is 5.65. The first-order chi connectivity index (χ1) is 11.2. The van der Waals surface area contributed by atoms with Crippen LogP contribution in [0.4, 0.5) is 10.5 Å². The van der Waals surface area contributed by atoms with Crippen molar-refractivity contribution in [2.24, 2.45) is 0 Å². The summed E-state index contributed by atoms with van der Waals surface area (Å²) in [6.07, 6.45) is 6.09. The van der Waals surface area contributed by atoms with Gasteiger partial charge in [0.25, 0.3) is 0 Å². The number of anilines is 1. The van der Waals surface area contributed by atoms with Crippen LogP contribution in [0.25, 0.3) is 0 Å². The molecule has 3 rings (SSSR count). The molecule has 0 unspecified atom stereocenters. The molecule has 1 fully saturated rings. The second-order valence-electron chi connectivity index (χ2n) is 6.23. The number of ether oxygens (including phenoxy) is 1. The molecule has 0 atom stereocenters. The number of aryl methyl sites for hydroxylation is 1. The molecule has 1 amide bonds. The van der Waals surface area contributed by atoms with Crippen molar-refractivity contribution in [1.82, 2.24) is 0 Å². The van der Waals surface area contributed by atoms with Gasteiger partial charge in [0.1, 0.15) is 5.75 Å². The van der Waals surface area contributed by atoms with Crippen molar-refractivity contribution in [3.05, 3.63) is 59.7 Å². The second kappa shape index (κ2) is 7.32. The number of rotatable bonds is 3. The molecule has 0 aliphatic heterocycles. The van der Waals surface area contributed by atoms with E-state index in [-0.39, 0.29) is 0 Å². The normalized spacial score (nSPS) is 15.2. The third kappa shape index (κ3) is 4.13. The summed E-state index contributed by atoms with van der Waals surface area (Å²) >= 11 is 0. The molecule has 120 valence electrons. The van der Waals surface area contributed by atoms with Crippen molar-refractivity contribution in [1.29, 1.82) is 0 Å². The molecule has 0 bridgehead atoms. The van der Waals surface area contributed by atoms with Crippen molar-refractivity contribution in [3.63, 3.8) is 0 Å². The van der Waals surface area contributed by atoms with E-state index < -0.39 is 6.09 Å². The summed E-state index contributed by atoms with van der Waals surface area (Å²) in [5.41, 5.74) is 3.14. The van der Waals surface area contributed by atoms with Gasteiger partial charge in [-0.3, -0.25) is 5.32 Å². The zero-order valence-electron chi connectivity index (χ0n) is 13.5. The van der Waals surface area contributed by atoms with Crippen LogP contribution in [0.2, 0.25) is 0 Å². The molecule has 1 saturated carbocycles. The summed E-state index contributed by atoms with van der Waals surface area (Å²) in [5.74, 6) is 1.24. The van der Waals surface area contributed by atoms with E-state index in [1.165, 1.54) is 37.7 Å². The fraction of sp³-hybridized carbons (Fsp3) is 0.350. The Bertz CT molecular complexity index is 658. The van der Waals surface area contributed by atoms with Crippen molar-refractivity contribution in [3.8, 4) is 5.75 Å². The van der Waals surface area contributed by atoms with Crippen LogP contribution < -0.4 is 10.1 Å². The van der Waals surface area contributed by atoms with Crippen LogP contribution in [-0.2, 0) is 0 Å². The number of carbonyl (C=O) groups excluding carboxylic acids is 1. The van der Waals surface area contributed by atoms with Crippen LogP contribution in [0, 0.1) is 6.92 Å². The third-order valence-electron chi connectivity index (χ3n) is 4.55. The van der Waals surface area contributed by atoms with Crippen LogP contribution in [-0.4, -0.2) is 6.09 Å². The van der Waals surface area contributed by atoms with Gasteiger partial charge >= 0.3 is 6.09 Å². The Hall–Kier alpha value is -2.29. The number of amides is 1. The zero-order chi connectivity index (χ0) is 16.1. The number of benzene rings is 2. The van der Waals surface area contributed by atoms with Gasteiger partial charge in [0.2, 0.25) is 0 Å². The summed E-state index contributed by atoms with van der Waals surface area (Å²) in [4.78, 5) is 12.0. The summed E-state index contributed by atoms with van der Waals surface area (Å²) < 4.78 is 5.37. The van der Waals surface area contributed by atoms with Crippen molar-refractivity contribution >= 4 is 11.8 Å². The number of hydrogen-bond acceptors (Lipinski definition) is 2. The van der Waals surface area contributed by atoms with Crippen LogP contribution in [0.3, 0.4) is 0 Å². The lowest BCUT2D eigenvalue weighted by molar-refractivity contribution is 0.215. The molecule has 2 aromatic rings. The Morgan fingerprint density at radius 1 is 1.00 bits per heavy atom. The van der Waals surface area contributed by atoms with E-state index in [9.17, 15) is 4.79 Å². The number of carbonyl (C=O) groups is 1.